The van der Waals surface area contributed by atoms with Crippen molar-refractivity contribution >= 4 is 33.0 Å². The number of aryl methyl sites for hydroxylation is 1. The number of nitro groups is 1. The zero-order valence-corrected chi connectivity index (χ0v) is 12.6. The average molecular weight is 342 g/mol. The molecule has 19 heavy (non-hydrogen) atoms. The van der Waals surface area contributed by atoms with E-state index in [-0.39, 0.29) is 10.6 Å². The summed E-state index contributed by atoms with van der Waals surface area (Å²) >= 11 is 4.86. The minimum atomic E-state index is -0.366. The fourth-order valence-corrected chi connectivity index (χ4v) is 2.75. The third kappa shape index (κ3) is 3.82. The van der Waals surface area contributed by atoms with Crippen LogP contribution in [-0.4, -0.2) is 9.91 Å². The third-order valence-electron chi connectivity index (χ3n) is 2.50. The van der Waals surface area contributed by atoms with Crippen LogP contribution in [0.1, 0.15) is 15.4 Å². The van der Waals surface area contributed by atoms with Gasteiger partial charge in [-0.05, 0) is 19.1 Å². The summed E-state index contributed by atoms with van der Waals surface area (Å²) < 4.78 is 0.707. The molecule has 0 aliphatic rings. The van der Waals surface area contributed by atoms with Gasteiger partial charge in [0.05, 0.1) is 4.92 Å². The number of thiazole rings is 1. The topological polar surface area (TPSA) is 68.1 Å². The number of hydrogen-bond acceptors (Lipinski definition) is 5. The normalized spacial score (nSPS) is 10.6. The summed E-state index contributed by atoms with van der Waals surface area (Å²) in [5.74, 6) is 0. The predicted molar refractivity (Wildman–Crippen MR) is 78.2 cm³/mol. The Hall–Kier alpha value is -1.31. The highest BCUT2D eigenvalue weighted by atomic mass is 79.9. The standard InChI is InChI=1S/C12H12BrN3O2S/c1-8-5-15-12(19-8)7-14-6-9-2-3-10(13)4-11(9)16(17)18/h2-5,14H,6-7H2,1H3. The second-order valence-corrected chi connectivity index (χ2v) is 6.23. The van der Waals surface area contributed by atoms with Gasteiger partial charge in [-0.1, -0.05) is 15.9 Å². The van der Waals surface area contributed by atoms with Crippen LogP contribution in [0.5, 0.6) is 0 Å². The quantitative estimate of drug-likeness (QED) is 0.668. The molecule has 0 bridgehead atoms. The maximum absolute atomic E-state index is 11.0. The molecule has 1 aromatic heterocycles. The molecule has 7 heteroatoms. The van der Waals surface area contributed by atoms with Gasteiger partial charge in [-0.15, -0.1) is 11.3 Å². The largest absolute Gasteiger partial charge is 0.306 e. The van der Waals surface area contributed by atoms with Crippen LogP contribution in [0.3, 0.4) is 0 Å². The third-order valence-corrected chi connectivity index (χ3v) is 3.91. The SMILES string of the molecule is Cc1cnc(CNCc2ccc(Br)cc2[N+](=O)[O-])s1. The number of nitrogens with one attached hydrogen (secondary N) is 1. The number of nitrogens with zero attached hydrogens (tertiary/aromatic N) is 2. The van der Waals surface area contributed by atoms with Gasteiger partial charge in [-0.25, -0.2) is 4.98 Å². The van der Waals surface area contributed by atoms with Gasteiger partial charge in [0.1, 0.15) is 5.01 Å². The zero-order chi connectivity index (χ0) is 13.8. The van der Waals surface area contributed by atoms with Crippen LogP contribution in [0.15, 0.2) is 28.9 Å². The summed E-state index contributed by atoms with van der Waals surface area (Å²) in [5.41, 5.74) is 0.790. The lowest BCUT2D eigenvalue weighted by molar-refractivity contribution is -0.385. The first kappa shape index (κ1) is 14.1. The molecular formula is C12H12BrN3O2S. The maximum Gasteiger partial charge on any atom is 0.275 e. The molecule has 0 aliphatic heterocycles. The van der Waals surface area contributed by atoms with Crippen molar-refractivity contribution in [1.82, 2.24) is 10.3 Å². The molecule has 5 nitrogen and oxygen atoms in total. The van der Waals surface area contributed by atoms with Gasteiger partial charge in [0.25, 0.3) is 5.69 Å². The molecule has 100 valence electrons. The van der Waals surface area contributed by atoms with Crippen LogP contribution < -0.4 is 5.32 Å². The molecule has 1 heterocycles. The molecule has 0 saturated heterocycles. The van der Waals surface area contributed by atoms with E-state index in [1.807, 2.05) is 13.1 Å². The fourth-order valence-electron chi connectivity index (χ4n) is 1.64. The Bertz CT molecular complexity index is 600. The monoisotopic (exact) mass is 341 g/mol. The first-order valence-corrected chi connectivity index (χ1v) is 7.22. The molecule has 0 aliphatic carbocycles. The van der Waals surface area contributed by atoms with Crippen molar-refractivity contribution in [3.05, 3.63) is 54.4 Å². The van der Waals surface area contributed by atoms with Gasteiger partial charge < -0.3 is 5.32 Å². The molecule has 0 fully saturated rings. The molecule has 1 aromatic carbocycles. The molecule has 0 saturated carbocycles. The van der Waals surface area contributed by atoms with E-state index in [1.54, 1.807) is 23.5 Å². The second kappa shape index (κ2) is 6.23. The number of nitro benzene ring substituents is 1. The van der Waals surface area contributed by atoms with Crippen molar-refractivity contribution in [2.45, 2.75) is 20.0 Å². The summed E-state index contributed by atoms with van der Waals surface area (Å²) in [7, 11) is 0. The van der Waals surface area contributed by atoms with Crippen LogP contribution in [-0.2, 0) is 13.1 Å². The van der Waals surface area contributed by atoms with Crippen molar-refractivity contribution in [1.29, 1.82) is 0 Å². The van der Waals surface area contributed by atoms with E-state index in [0.29, 0.717) is 23.1 Å². The minimum absolute atomic E-state index is 0.122. The smallest absolute Gasteiger partial charge is 0.275 e. The first-order valence-electron chi connectivity index (χ1n) is 5.61. The molecule has 2 rings (SSSR count). The summed E-state index contributed by atoms with van der Waals surface area (Å²) in [5, 5.41) is 15.1. The Labute approximate surface area is 123 Å². The molecule has 1 N–H and O–H groups in total. The van der Waals surface area contributed by atoms with Gasteiger partial charge in [0.2, 0.25) is 0 Å². The summed E-state index contributed by atoms with van der Waals surface area (Å²) in [6, 6.07) is 5.07. The lowest BCUT2D eigenvalue weighted by atomic mass is 10.2. The van der Waals surface area contributed by atoms with E-state index in [1.165, 1.54) is 6.07 Å². The van der Waals surface area contributed by atoms with Crippen LogP contribution in [0.25, 0.3) is 0 Å². The molecule has 0 spiro atoms. The number of halogens is 1. The Morgan fingerprint density at radius 1 is 1.47 bits per heavy atom. The number of aromatic nitrogens is 1. The molecular weight excluding hydrogens is 330 g/mol. The molecule has 0 atom stereocenters. The van der Waals surface area contributed by atoms with Crippen LogP contribution in [0.4, 0.5) is 5.69 Å². The van der Waals surface area contributed by atoms with Crippen LogP contribution >= 0.6 is 27.3 Å². The van der Waals surface area contributed by atoms with E-state index in [0.717, 1.165) is 9.88 Å². The lowest BCUT2D eigenvalue weighted by Gasteiger charge is -2.04. The van der Waals surface area contributed by atoms with Gasteiger partial charge in [-0.2, -0.15) is 0 Å². The summed E-state index contributed by atoms with van der Waals surface area (Å²) in [6.45, 7) is 3.06. The van der Waals surface area contributed by atoms with Crippen molar-refractivity contribution in [2.24, 2.45) is 0 Å². The highest BCUT2D eigenvalue weighted by Gasteiger charge is 2.13. The first-order chi connectivity index (χ1) is 9.06. The summed E-state index contributed by atoms with van der Waals surface area (Å²) in [4.78, 5) is 16.0. The van der Waals surface area contributed by atoms with Gasteiger partial charge in [0.15, 0.2) is 0 Å². The van der Waals surface area contributed by atoms with Gasteiger partial charge >= 0.3 is 0 Å². The van der Waals surface area contributed by atoms with Crippen molar-refractivity contribution in [2.75, 3.05) is 0 Å². The Kier molecular flexibility index (Phi) is 4.62. The van der Waals surface area contributed by atoms with Crippen LogP contribution in [0, 0.1) is 17.0 Å². The van der Waals surface area contributed by atoms with E-state index in [4.69, 9.17) is 0 Å². The zero-order valence-electron chi connectivity index (χ0n) is 10.2. The summed E-state index contributed by atoms with van der Waals surface area (Å²) in [6.07, 6.45) is 1.82. The number of rotatable bonds is 5. The molecule has 0 radical (unpaired) electrons. The van der Waals surface area contributed by atoms with Gasteiger partial charge in [0, 0.05) is 40.3 Å². The van der Waals surface area contributed by atoms with Crippen molar-refractivity contribution in [3.63, 3.8) is 0 Å². The molecule has 2 aromatic rings. The number of benzene rings is 1. The minimum Gasteiger partial charge on any atom is -0.306 e. The maximum atomic E-state index is 11.0. The predicted octanol–water partition coefficient (Wildman–Crippen LogP) is 3.41. The van der Waals surface area contributed by atoms with E-state index < -0.39 is 0 Å². The Morgan fingerprint density at radius 2 is 2.26 bits per heavy atom. The molecule has 0 unspecified atom stereocenters. The van der Waals surface area contributed by atoms with Crippen molar-refractivity contribution < 1.29 is 4.92 Å². The second-order valence-electron chi connectivity index (χ2n) is 4.00. The number of hydrogen-bond donors (Lipinski definition) is 1. The average Bonchev–Trinajstić information content (AvgIpc) is 2.77. The highest BCUT2D eigenvalue weighted by molar-refractivity contribution is 9.10. The fraction of sp³-hybridized carbons (Fsp3) is 0.250. The van der Waals surface area contributed by atoms with Crippen LogP contribution in [0.2, 0.25) is 0 Å². The van der Waals surface area contributed by atoms with Gasteiger partial charge in [-0.3, -0.25) is 10.1 Å². The van der Waals surface area contributed by atoms with Crippen molar-refractivity contribution in [3.8, 4) is 0 Å². The van der Waals surface area contributed by atoms with E-state index >= 15 is 0 Å². The highest BCUT2D eigenvalue weighted by Crippen LogP contribution is 2.23. The lowest BCUT2D eigenvalue weighted by Crippen LogP contribution is -2.13. The van der Waals surface area contributed by atoms with E-state index in [9.17, 15) is 10.1 Å². The molecule has 0 amide bonds. The van der Waals surface area contributed by atoms with E-state index in [2.05, 4.69) is 26.2 Å². The Balaban J connectivity index is 2.01. The Morgan fingerprint density at radius 3 is 2.89 bits per heavy atom.